The zero-order chi connectivity index (χ0) is 14.5. The van der Waals surface area contributed by atoms with Gasteiger partial charge in [0.05, 0.1) is 0 Å². The molecule has 0 aliphatic rings. The second-order valence-electron chi connectivity index (χ2n) is 4.25. The molecule has 0 aliphatic carbocycles. The first-order valence-corrected chi connectivity index (χ1v) is 6.29. The van der Waals surface area contributed by atoms with Crippen LogP contribution >= 0.6 is 0 Å². The molecule has 0 saturated heterocycles. The minimum Gasteiger partial charge on any atom is -0.352 e. The van der Waals surface area contributed by atoms with E-state index in [0.29, 0.717) is 24.4 Å². The van der Waals surface area contributed by atoms with Crippen LogP contribution in [-0.4, -0.2) is 48.3 Å². The van der Waals surface area contributed by atoms with Crippen LogP contribution in [0.5, 0.6) is 0 Å². The van der Waals surface area contributed by atoms with Gasteiger partial charge in [0.2, 0.25) is 5.82 Å². The van der Waals surface area contributed by atoms with E-state index in [4.69, 9.17) is 0 Å². The number of nitrogens with zero attached hydrogens (tertiary/aromatic N) is 5. The van der Waals surface area contributed by atoms with E-state index in [0.717, 1.165) is 11.4 Å². The molecule has 0 radical (unpaired) electrons. The van der Waals surface area contributed by atoms with Crippen LogP contribution in [-0.2, 0) is 6.42 Å². The summed E-state index contributed by atoms with van der Waals surface area (Å²) in [7, 11) is 0. The molecule has 0 spiro atoms. The van der Waals surface area contributed by atoms with Gasteiger partial charge in [0.1, 0.15) is 12.2 Å². The molecule has 106 valence electrons. The van der Waals surface area contributed by atoms with Crippen LogP contribution in [0.4, 0.5) is 0 Å². The summed E-state index contributed by atoms with van der Waals surface area (Å²) in [4.78, 5) is 16.1. The second kappa shape index (κ2) is 5.90. The smallest absolute Gasteiger partial charge is 0.251 e. The van der Waals surface area contributed by atoms with Crippen molar-refractivity contribution in [2.75, 3.05) is 6.54 Å². The Balaban J connectivity index is 1.63. The molecule has 0 saturated carbocycles. The Kier molecular flexibility index (Phi) is 3.63. The summed E-state index contributed by atoms with van der Waals surface area (Å²) in [5, 5.41) is 23.0. The molecule has 3 rings (SSSR count). The molecule has 9 heteroatoms. The Morgan fingerprint density at radius 1 is 1.33 bits per heavy atom. The van der Waals surface area contributed by atoms with Gasteiger partial charge in [-0.3, -0.25) is 9.89 Å². The number of aromatic amines is 2. The van der Waals surface area contributed by atoms with Crippen molar-refractivity contribution in [2.24, 2.45) is 0 Å². The Bertz CT molecular complexity index is 707. The average molecular weight is 284 g/mol. The quantitative estimate of drug-likeness (QED) is 0.603. The minimum absolute atomic E-state index is 0.167. The van der Waals surface area contributed by atoms with Gasteiger partial charge >= 0.3 is 0 Å². The lowest BCUT2D eigenvalue weighted by atomic mass is 10.1. The van der Waals surface area contributed by atoms with Crippen LogP contribution in [0.15, 0.2) is 30.6 Å². The first-order chi connectivity index (χ1) is 10.3. The maximum atomic E-state index is 12.1. The highest BCUT2D eigenvalue weighted by molar-refractivity contribution is 5.95. The van der Waals surface area contributed by atoms with E-state index in [2.05, 4.69) is 41.1 Å². The highest BCUT2D eigenvalue weighted by Gasteiger charge is 2.09. The number of tetrazole rings is 1. The molecule has 1 amide bonds. The van der Waals surface area contributed by atoms with Crippen molar-refractivity contribution in [1.82, 2.24) is 41.1 Å². The molecule has 1 aromatic carbocycles. The number of aromatic nitrogens is 7. The molecule has 9 nitrogen and oxygen atoms in total. The largest absolute Gasteiger partial charge is 0.352 e. The van der Waals surface area contributed by atoms with Crippen molar-refractivity contribution >= 4 is 5.91 Å². The molecule has 3 aromatic rings. The summed E-state index contributed by atoms with van der Waals surface area (Å²) in [6.45, 7) is 0.473. The maximum absolute atomic E-state index is 12.1. The zero-order valence-corrected chi connectivity index (χ0v) is 10.9. The van der Waals surface area contributed by atoms with Crippen molar-refractivity contribution in [3.05, 3.63) is 42.0 Å². The number of benzene rings is 1. The SMILES string of the molecule is O=C(NCCc1ncn[nH]1)c1cccc(-c2nn[nH]n2)c1. The maximum Gasteiger partial charge on any atom is 0.251 e. The number of carbonyl (C=O) groups excluding carboxylic acids is 1. The van der Waals surface area contributed by atoms with E-state index < -0.39 is 0 Å². The predicted molar refractivity (Wildman–Crippen MR) is 72.0 cm³/mol. The van der Waals surface area contributed by atoms with Gasteiger partial charge in [-0.15, -0.1) is 10.2 Å². The van der Waals surface area contributed by atoms with Crippen molar-refractivity contribution < 1.29 is 4.79 Å². The lowest BCUT2D eigenvalue weighted by Gasteiger charge is -2.05. The predicted octanol–water partition coefficient (Wildman–Crippen LogP) is -0.0427. The third-order valence-electron chi connectivity index (χ3n) is 2.84. The Hall–Kier alpha value is -3.10. The van der Waals surface area contributed by atoms with Crippen molar-refractivity contribution in [1.29, 1.82) is 0 Å². The fourth-order valence-electron chi connectivity index (χ4n) is 1.83. The number of hydrogen-bond acceptors (Lipinski definition) is 6. The summed E-state index contributed by atoms with van der Waals surface area (Å²) < 4.78 is 0. The van der Waals surface area contributed by atoms with Gasteiger partial charge in [-0.1, -0.05) is 12.1 Å². The second-order valence-corrected chi connectivity index (χ2v) is 4.25. The van der Waals surface area contributed by atoms with Crippen LogP contribution in [0.1, 0.15) is 16.2 Å². The van der Waals surface area contributed by atoms with Crippen molar-refractivity contribution in [2.45, 2.75) is 6.42 Å². The Morgan fingerprint density at radius 3 is 3.05 bits per heavy atom. The molecule has 0 bridgehead atoms. The molecule has 2 heterocycles. The number of amides is 1. The highest BCUT2D eigenvalue weighted by Crippen LogP contribution is 2.14. The molecule has 0 aliphatic heterocycles. The van der Waals surface area contributed by atoms with Crippen molar-refractivity contribution in [3.8, 4) is 11.4 Å². The van der Waals surface area contributed by atoms with Crippen LogP contribution in [0.25, 0.3) is 11.4 Å². The highest BCUT2D eigenvalue weighted by atomic mass is 16.1. The van der Waals surface area contributed by atoms with Crippen molar-refractivity contribution in [3.63, 3.8) is 0 Å². The van der Waals surface area contributed by atoms with E-state index in [-0.39, 0.29) is 5.91 Å². The summed E-state index contributed by atoms with van der Waals surface area (Å²) >= 11 is 0. The fourth-order valence-corrected chi connectivity index (χ4v) is 1.83. The normalized spacial score (nSPS) is 10.5. The number of H-pyrrole nitrogens is 2. The molecule has 2 aromatic heterocycles. The molecule has 0 fully saturated rings. The topological polar surface area (TPSA) is 125 Å². The van der Waals surface area contributed by atoms with Gasteiger partial charge < -0.3 is 5.32 Å². The lowest BCUT2D eigenvalue weighted by molar-refractivity contribution is 0.0954. The van der Waals surface area contributed by atoms with Crippen LogP contribution in [0, 0.1) is 0 Å². The first-order valence-electron chi connectivity index (χ1n) is 6.29. The van der Waals surface area contributed by atoms with E-state index in [9.17, 15) is 4.79 Å². The molecular weight excluding hydrogens is 272 g/mol. The summed E-state index contributed by atoms with van der Waals surface area (Å²) in [5.74, 6) is 1.02. The van der Waals surface area contributed by atoms with Gasteiger partial charge in [-0.05, 0) is 17.3 Å². The fraction of sp³-hybridized carbons (Fsp3) is 0.167. The van der Waals surface area contributed by atoms with Gasteiger partial charge in [-0.2, -0.15) is 10.3 Å². The van der Waals surface area contributed by atoms with Gasteiger partial charge in [0.25, 0.3) is 5.91 Å². The van der Waals surface area contributed by atoms with Crippen LogP contribution in [0.2, 0.25) is 0 Å². The van der Waals surface area contributed by atoms with Gasteiger partial charge in [0.15, 0.2) is 0 Å². The molecule has 3 N–H and O–H groups in total. The summed E-state index contributed by atoms with van der Waals surface area (Å²) in [6, 6.07) is 7.04. The van der Waals surface area contributed by atoms with E-state index in [1.807, 2.05) is 6.07 Å². The van der Waals surface area contributed by atoms with E-state index >= 15 is 0 Å². The number of nitrogens with one attached hydrogen (secondary N) is 3. The Labute approximate surface area is 119 Å². The summed E-state index contributed by atoms with van der Waals surface area (Å²) in [5.41, 5.74) is 1.27. The Morgan fingerprint density at radius 2 is 2.29 bits per heavy atom. The minimum atomic E-state index is -0.167. The molecular formula is C12H12N8O. The number of hydrogen-bond donors (Lipinski definition) is 3. The standard InChI is InChI=1S/C12H12N8O/c21-12(13-5-4-10-14-7-15-16-10)9-3-1-2-8(6-9)11-17-19-20-18-11/h1-3,6-7H,4-5H2,(H,13,21)(H,14,15,16)(H,17,18,19,20). The average Bonchev–Trinajstić information content (AvgIpc) is 3.21. The lowest BCUT2D eigenvalue weighted by Crippen LogP contribution is -2.25. The monoisotopic (exact) mass is 284 g/mol. The van der Waals surface area contributed by atoms with Crippen LogP contribution in [0.3, 0.4) is 0 Å². The van der Waals surface area contributed by atoms with Crippen LogP contribution < -0.4 is 5.32 Å². The third-order valence-corrected chi connectivity index (χ3v) is 2.84. The number of rotatable bonds is 5. The van der Waals surface area contributed by atoms with Gasteiger partial charge in [-0.25, -0.2) is 4.98 Å². The summed E-state index contributed by atoms with van der Waals surface area (Å²) in [6.07, 6.45) is 2.03. The first kappa shape index (κ1) is 12.9. The van der Waals surface area contributed by atoms with Gasteiger partial charge in [0, 0.05) is 24.1 Å². The number of carbonyl (C=O) groups is 1. The molecule has 21 heavy (non-hydrogen) atoms. The zero-order valence-electron chi connectivity index (χ0n) is 10.9. The van der Waals surface area contributed by atoms with E-state index in [1.165, 1.54) is 6.33 Å². The molecule has 0 atom stereocenters. The third kappa shape index (κ3) is 3.08. The van der Waals surface area contributed by atoms with E-state index in [1.54, 1.807) is 18.2 Å². The molecule has 0 unspecified atom stereocenters.